The molecule has 1 heterocycles. The van der Waals surface area contributed by atoms with E-state index in [4.69, 9.17) is 0 Å². The van der Waals surface area contributed by atoms with Crippen molar-refractivity contribution in [2.45, 2.75) is 45.1 Å². The Morgan fingerprint density at radius 2 is 1.97 bits per heavy atom. The molecule has 168 valence electrons. The number of nitrogens with one attached hydrogen (secondary N) is 2. The van der Waals surface area contributed by atoms with E-state index in [0.717, 1.165) is 32.0 Å². The molecule has 3 rings (SSSR count). The average molecular weight is 527 g/mol. The van der Waals surface area contributed by atoms with Gasteiger partial charge in [-0.2, -0.15) is 0 Å². The fourth-order valence-electron chi connectivity index (χ4n) is 4.11. The molecule has 6 nitrogen and oxygen atoms in total. The van der Waals surface area contributed by atoms with Gasteiger partial charge < -0.3 is 15.5 Å². The van der Waals surface area contributed by atoms with Crippen molar-refractivity contribution in [2.24, 2.45) is 10.4 Å². The summed E-state index contributed by atoms with van der Waals surface area (Å²) in [5.74, 6) is 0.787. The van der Waals surface area contributed by atoms with Gasteiger partial charge in [-0.05, 0) is 56.2 Å². The lowest BCUT2D eigenvalue weighted by Gasteiger charge is -2.25. The zero-order valence-electron chi connectivity index (χ0n) is 18.7. The highest BCUT2D eigenvalue weighted by atomic mass is 127. The number of rotatable bonds is 9. The summed E-state index contributed by atoms with van der Waals surface area (Å²) in [6.07, 6.45) is 6.06. The Bertz CT molecular complexity index is 690. The molecule has 1 saturated heterocycles. The zero-order valence-corrected chi connectivity index (χ0v) is 21.0. The summed E-state index contributed by atoms with van der Waals surface area (Å²) < 4.78 is 0. The number of likely N-dealkylation sites (N-methyl/N-ethyl adjacent to an activating group) is 2. The first-order chi connectivity index (χ1) is 14.0. The van der Waals surface area contributed by atoms with Crippen LogP contribution in [0, 0.1) is 5.41 Å². The second-order valence-corrected chi connectivity index (χ2v) is 8.77. The van der Waals surface area contributed by atoms with Gasteiger partial charge in [0, 0.05) is 33.2 Å². The topological polar surface area (TPSA) is 60.0 Å². The third kappa shape index (κ3) is 7.41. The van der Waals surface area contributed by atoms with E-state index in [1.54, 1.807) is 19.0 Å². The van der Waals surface area contributed by atoms with Crippen molar-refractivity contribution in [3.63, 3.8) is 0 Å². The third-order valence-corrected chi connectivity index (χ3v) is 6.29. The monoisotopic (exact) mass is 527 g/mol. The highest BCUT2D eigenvalue weighted by molar-refractivity contribution is 14.0. The van der Waals surface area contributed by atoms with Gasteiger partial charge in [-0.3, -0.25) is 9.69 Å². The first-order valence-electron chi connectivity index (χ1n) is 11.0. The number of likely N-dealkylation sites (tertiary alicyclic amines) is 1. The smallest absolute Gasteiger partial charge is 0.243 e. The molecule has 1 amide bonds. The molecule has 1 atom stereocenters. The van der Waals surface area contributed by atoms with E-state index in [0.29, 0.717) is 11.5 Å². The predicted octanol–water partition coefficient (Wildman–Crippen LogP) is 2.74. The molecule has 2 N–H and O–H groups in total. The molecule has 1 unspecified atom stereocenters. The first kappa shape index (κ1) is 24.9. The molecule has 0 aromatic heterocycles. The molecule has 1 saturated carbocycles. The lowest BCUT2D eigenvalue weighted by Crippen LogP contribution is -2.46. The molecule has 1 aliphatic carbocycles. The summed E-state index contributed by atoms with van der Waals surface area (Å²) in [4.78, 5) is 20.7. The summed E-state index contributed by atoms with van der Waals surface area (Å²) in [6.45, 7) is 6.44. The van der Waals surface area contributed by atoms with Crippen LogP contribution in [0.4, 0.5) is 0 Å². The molecule has 0 spiro atoms. The quantitative estimate of drug-likeness (QED) is 0.295. The average Bonchev–Trinajstić information content (AvgIpc) is 3.33. The fourth-order valence-corrected chi connectivity index (χ4v) is 4.11. The Balaban J connectivity index is 0.00000320. The van der Waals surface area contributed by atoms with Crippen LogP contribution in [-0.4, -0.2) is 74.5 Å². The Morgan fingerprint density at radius 3 is 2.60 bits per heavy atom. The first-order valence-corrected chi connectivity index (χ1v) is 11.0. The van der Waals surface area contributed by atoms with E-state index in [9.17, 15) is 4.79 Å². The Labute approximate surface area is 198 Å². The van der Waals surface area contributed by atoms with E-state index >= 15 is 0 Å². The van der Waals surface area contributed by atoms with Gasteiger partial charge in [0.2, 0.25) is 5.91 Å². The van der Waals surface area contributed by atoms with Gasteiger partial charge in [-0.1, -0.05) is 37.3 Å². The summed E-state index contributed by atoms with van der Waals surface area (Å²) in [5.41, 5.74) is 1.71. The number of hydrogen-bond donors (Lipinski definition) is 2. The van der Waals surface area contributed by atoms with Gasteiger partial charge in [-0.15, -0.1) is 24.0 Å². The molecule has 0 radical (unpaired) electrons. The van der Waals surface area contributed by atoms with Crippen molar-refractivity contribution in [3.8, 4) is 0 Å². The number of amides is 1. The van der Waals surface area contributed by atoms with Gasteiger partial charge in [0.15, 0.2) is 5.96 Å². The Kier molecular flexibility index (Phi) is 9.87. The maximum atomic E-state index is 12.0. The van der Waals surface area contributed by atoms with Crippen LogP contribution in [0.1, 0.15) is 38.2 Å². The second-order valence-electron chi connectivity index (χ2n) is 8.77. The summed E-state index contributed by atoms with van der Waals surface area (Å²) >= 11 is 0. The number of carbonyl (C=O) groups is 1. The third-order valence-electron chi connectivity index (χ3n) is 6.29. The summed E-state index contributed by atoms with van der Waals surface area (Å²) in [6, 6.07) is 11.3. The van der Waals surface area contributed by atoms with Crippen LogP contribution in [-0.2, 0) is 11.2 Å². The predicted molar refractivity (Wildman–Crippen MR) is 134 cm³/mol. The van der Waals surface area contributed by atoms with Crippen LogP contribution in [0.25, 0.3) is 0 Å². The minimum atomic E-state index is 0. The lowest BCUT2D eigenvalue weighted by molar-refractivity contribution is -0.127. The molecular formula is C23H38IN5O. The number of hydrogen-bond acceptors (Lipinski definition) is 3. The van der Waals surface area contributed by atoms with Gasteiger partial charge in [0.1, 0.15) is 6.54 Å². The summed E-state index contributed by atoms with van der Waals surface area (Å²) in [5, 5.41) is 7.05. The molecular weight excluding hydrogens is 489 g/mol. The van der Waals surface area contributed by atoms with Crippen LogP contribution in [0.2, 0.25) is 0 Å². The molecule has 2 fully saturated rings. The number of carbonyl (C=O) groups excluding carboxylic acids is 1. The van der Waals surface area contributed by atoms with Crippen molar-refractivity contribution in [1.29, 1.82) is 0 Å². The number of aliphatic imine (C=N–C) groups is 1. The molecule has 1 aromatic carbocycles. The largest absolute Gasteiger partial charge is 0.356 e. The maximum Gasteiger partial charge on any atom is 0.243 e. The minimum absolute atomic E-state index is 0. The minimum Gasteiger partial charge on any atom is -0.356 e. The highest BCUT2D eigenvalue weighted by Gasteiger charge is 2.42. The van der Waals surface area contributed by atoms with E-state index in [-0.39, 0.29) is 36.4 Å². The van der Waals surface area contributed by atoms with Crippen molar-refractivity contribution in [1.82, 2.24) is 20.4 Å². The maximum absolute atomic E-state index is 12.0. The van der Waals surface area contributed by atoms with Crippen LogP contribution >= 0.6 is 24.0 Å². The van der Waals surface area contributed by atoms with Crippen LogP contribution < -0.4 is 10.6 Å². The van der Waals surface area contributed by atoms with Gasteiger partial charge >= 0.3 is 0 Å². The van der Waals surface area contributed by atoms with Crippen LogP contribution in [0.15, 0.2) is 35.3 Å². The van der Waals surface area contributed by atoms with Gasteiger partial charge in [0.05, 0.1) is 0 Å². The lowest BCUT2D eigenvalue weighted by atomic mass is 9.96. The number of guanidine groups is 1. The Morgan fingerprint density at radius 1 is 1.23 bits per heavy atom. The van der Waals surface area contributed by atoms with Crippen LogP contribution in [0.3, 0.4) is 0 Å². The number of benzene rings is 1. The molecule has 30 heavy (non-hydrogen) atoms. The van der Waals surface area contributed by atoms with Crippen molar-refractivity contribution in [3.05, 3.63) is 35.9 Å². The SMILES string of the molecule is CCN1CCCC1CNC(=NCC(=O)N(C)C)NCC1(Cc2ccccc2)CC1.I. The normalized spacial score (nSPS) is 20.4. The van der Waals surface area contributed by atoms with Gasteiger partial charge in [-0.25, -0.2) is 4.99 Å². The molecule has 0 bridgehead atoms. The molecule has 1 aromatic rings. The fraction of sp³-hybridized carbons (Fsp3) is 0.652. The Hall–Kier alpha value is -1.35. The van der Waals surface area contributed by atoms with Crippen molar-refractivity contribution < 1.29 is 4.79 Å². The molecule has 2 aliphatic rings. The zero-order chi connectivity index (χ0) is 20.7. The summed E-state index contributed by atoms with van der Waals surface area (Å²) in [7, 11) is 3.55. The van der Waals surface area contributed by atoms with Gasteiger partial charge in [0.25, 0.3) is 0 Å². The standard InChI is InChI=1S/C23H37N5O.HI/c1-4-28-14-8-11-20(28)16-24-22(25-17-21(29)27(2)3)26-18-23(12-13-23)15-19-9-6-5-7-10-19;/h5-7,9-10,20H,4,8,11-18H2,1-3H3,(H2,24,25,26);1H. The highest BCUT2D eigenvalue weighted by Crippen LogP contribution is 2.47. The molecule has 7 heteroatoms. The number of nitrogens with zero attached hydrogens (tertiary/aromatic N) is 3. The van der Waals surface area contributed by atoms with E-state index in [1.165, 1.54) is 37.8 Å². The van der Waals surface area contributed by atoms with Crippen molar-refractivity contribution >= 4 is 35.8 Å². The number of halogens is 1. The van der Waals surface area contributed by atoms with Crippen LogP contribution in [0.5, 0.6) is 0 Å². The molecule has 1 aliphatic heterocycles. The van der Waals surface area contributed by atoms with E-state index in [2.05, 4.69) is 57.8 Å². The second kappa shape index (κ2) is 11.9. The van der Waals surface area contributed by atoms with E-state index in [1.807, 2.05) is 0 Å². The van der Waals surface area contributed by atoms with E-state index < -0.39 is 0 Å². The van der Waals surface area contributed by atoms with Crippen molar-refractivity contribution in [2.75, 3.05) is 46.8 Å².